The van der Waals surface area contributed by atoms with Gasteiger partial charge in [-0.05, 0) is 25.7 Å². The Morgan fingerprint density at radius 1 is 1.06 bits per heavy atom. The quantitative estimate of drug-likeness (QED) is 0.791. The molecule has 0 aromatic rings. The van der Waals surface area contributed by atoms with Gasteiger partial charge in [-0.1, -0.05) is 46.0 Å². The monoisotopic (exact) mass is 239 g/mol. The minimum absolute atomic E-state index is 0.164. The smallest absolute Gasteiger partial charge is 0.0810 e. The molecule has 0 bridgehead atoms. The Labute approximate surface area is 107 Å². The fraction of sp³-hybridized carbons (Fsp3) is 1.00. The highest BCUT2D eigenvalue weighted by Crippen LogP contribution is 2.35. The van der Waals surface area contributed by atoms with Crippen LogP contribution in [-0.4, -0.2) is 24.3 Å². The Morgan fingerprint density at radius 2 is 1.71 bits per heavy atom. The molecule has 2 fully saturated rings. The molecule has 0 spiro atoms. The van der Waals surface area contributed by atoms with E-state index < -0.39 is 0 Å². The second-order valence-electron chi connectivity index (χ2n) is 6.30. The lowest BCUT2D eigenvalue weighted by atomic mass is 9.84. The van der Waals surface area contributed by atoms with Crippen LogP contribution in [0.5, 0.6) is 0 Å². The third-order valence-corrected chi connectivity index (χ3v) is 4.32. The Balaban J connectivity index is 1.90. The second-order valence-corrected chi connectivity index (χ2v) is 6.30. The molecule has 1 N–H and O–H groups in total. The highest BCUT2D eigenvalue weighted by Gasteiger charge is 2.36. The molecule has 0 aliphatic heterocycles. The first kappa shape index (κ1) is 13.4. The maximum Gasteiger partial charge on any atom is 0.0810 e. The van der Waals surface area contributed by atoms with Crippen LogP contribution in [0.15, 0.2) is 0 Å². The summed E-state index contributed by atoms with van der Waals surface area (Å²) in [5.41, 5.74) is 0.164. The number of rotatable bonds is 5. The van der Waals surface area contributed by atoms with Gasteiger partial charge in [0, 0.05) is 12.6 Å². The van der Waals surface area contributed by atoms with Gasteiger partial charge < -0.3 is 10.1 Å². The molecule has 2 heteroatoms. The Kier molecular flexibility index (Phi) is 4.87. The van der Waals surface area contributed by atoms with Gasteiger partial charge >= 0.3 is 0 Å². The minimum Gasteiger partial charge on any atom is -0.370 e. The largest absolute Gasteiger partial charge is 0.370 e. The van der Waals surface area contributed by atoms with Crippen molar-refractivity contribution in [2.24, 2.45) is 0 Å². The summed E-state index contributed by atoms with van der Waals surface area (Å²) in [6.45, 7) is 5.51. The zero-order valence-electron chi connectivity index (χ0n) is 11.6. The Morgan fingerprint density at radius 3 is 2.29 bits per heavy atom. The molecule has 2 saturated carbocycles. The summed E-state index contributed by atoms with van der Waals surface area (Å²) in [5.74, 6) is 0. The summed E-state index contributed by atoms with van der Waals surface area (Å²) in [6.07, 6.45) is 12.5. The molecule has 0 aromatic carbocycles. The van der Waals surface area contributed by atoms with Gasteiger partial charge in [0.15, 0.2) is 0 Å². The van der Waals surface area contributed by atoms with Crippen LogP contribution in [0.3, 0.4) is 0 Å². The third kappa shape index (κ3) is 3.96. The maximum atomic E-state index is 6.53. The van der Waals surface area contributed by atoms with Crippen molar-refractivity contribution in [3.05, 3.63) is 0 Å². The zero-order chi connectivity index (χ0) is 12.1. The van der Waals surface area contributed by atoms with Gasteiger partial charge in [-0.2, -0.15) is 0 Å². The van der Waals surface area contributed by atoms with Gasteiger partial charge in [0.05, 0.1) is 11.7 Å². The Bertz CT molecular complexity index is 215. The van der Waals surface area contributed by atoms with E-state index in [9.17, 15) is 0 Å². The van der Waals surface area contributed by atoms with Crippen LogP contribution < -0.4 is 5.32 Å². The fourth-order valence-corrected chi connectivity index (χ4v) is 3.28. The van der Waals surface area contributed by atoms with E-state index in [1.54, 1.807) is 0 Å². The van der Waals surface area contributed by atoms with Crippen LogP contribution in [-0.2, 0) is 4.74 Å². The molecule has 0 heterocycles. The van der Waals surface area contributed by atoms with E-state index in [4.69, 9.17) is 4.74 Å². The van der Waals surface area contributed by atoms with Crippen LogP contribution in [0.1, 0.15) is 71.6 Å². The fourth-order valence-electron chi connectivity index (χ4n) is 3.28. The summed E-state index contributed by atoms with van der Waals surface area (Å²) in [7, 11) is 0. The predicted octanol–water partition coefficient (Wildman–Crippen LogP) is 3.65. The molecule has 2 rings (SSSR count). The van der Waals surface area contributed by atoms with E-state index in [0.717, 1.165) is 6.54 Å². The van der Waals surface area contributed by atoms with Crippen LogP contribution in [0.2, 0.25) is 0 Å². The lowest BCUT2D eigenvalue weighted by molar-refractivity contribution is -0.110. The number of hydrogen-bond donors (Lipinski definition) is 1. The first-order valence-corrected chi connectivity index (χ1v) is 7.61. The van der Waals surface area contributed by atoms with Crippen molar-refractivity contribution in [2.75, 3.05) is 6.54 Å². The van der Waals surface area contributed by atoms with Crippen molar-refractivity contribution in [1.82, 2.24) is 5.32 Å². The molecule has 0 atom stereocenters. The lowest BCUT2D eigenvalue weighted by Gasteiger charge is -2.40. The molecular formula is C15H29NO. The lowest BCUT2D eigenvalue weighted by Crippen LogP contribution is -2.48. The minimum atomic E-state index is 0.164. The van der Waals surface area contributed by atoms with Crippen LogP contribution in [0.4, 0.5) is 0 Å². The van der Waals surface area contributed by atoms with E-state index in [-0.39, 0.29) is 5.60 Å². The molecule has 2 aliphatic rings. The Hall–Kier alpha value is -0.0800. The van der Waals surface area contributed by atoms with Crippen molar-refractivity contribution < 1.29 is 4.74 Å². The number of nitrogens with one attached hydrogen (secondary N) is 1. The summed E-state index contributed by atoms with van der Waals surface area (Å²) in [4.78, 5) is 0. The van der Waals surface area contributed by atoms with Crippen molar-refractivity contribution in [1.29, 1.82) is 0 Å². The predicted molar refractivity (Wildman–Crippen MR) is 72.3 cm³/mol. The number of ether oxygens (including phenoxy) is 1. The molecule has 0 amide bonds. The highest BCUT2D eigenvalue weighted by molar-refractivity contribution is 4.89. The van der Waals surface area contributed by atoms with Gasteiger partial charge in [0.1, 0.15) is 0 Å². The van der Waals surface area contributed by atoms with Crippen molar-refractivity contribution in [3.8, 4) is 0 Å². The van der Waals surface area contributed by atoms with Crippen LogP contribution in [0, 0.1) is 0 Å². The summed E-state index contributed by atoms with van der Waals surface area (Å²) >= 11 is 0. The van der Waals surface area contributed by atoms with Gasteiger partial charge in [-0.15, -0.1) is 0 Å². The summed E-state index contributed by atoms with van der Waals surface area (Å²) in [5, 5.41) is 3.60. The second kappa shape index (κ2) is 6.19. The van der Waals surface area contributed by atoms with Crippen molar-refractivity contribution in [3.63, 3.8) is 0 Å². The molecule has 0 saturated heterocycles. The molecule has 0 unspecified atom stereocenters. The standard InChI is InChI=1S/C15H29NO/c1-13(2)16-12-15(10-6-3-7-11-15)17-14-8-4-5-9-14/h13-14,16H,3-12H2,1-2H3. The molecule has 2 nitrogen and oxygen atoms in total. The average Bonchev–Trinajstić information content (AvgIpc) is 2.80. The van der Waals surface area contributed by atoms with Gasteiger partial charge in [0.2, 0.25) is 0 Å². The SMILES string of the molecule is CC(C)NCC1(OC2CCCC2)CCCCC1. The highest BCUT2D eigenvalue weighted by atomic mass is 16.5. The first-order chi connectivity index (χ1) is 8.20. The summed E-state index contributed by atoms with van der Waals surface area (Å²) < 4.78 is 6.53. The summed E-state index contributed by atoms with van der Waals surface area (Å²) in [6, 6.07) is 0.570. The molecule has 0 radical (unpaired) electrons. The van der Waals surface area contributed by atoms with Crippen molar-refractivity contribution >= 4 is 0 Å². The molecule has 0 aromatic heterocycles. The third-order valence-electron chi connectivity index (χ3n) is 4.32. The van der Waals surface area contributed by atoms with E-state index in [1.807, 2.05) is 0 Å². The van der Waals surface area contributed by atoms with Gasteiger partial charge in [-0.25, -0.2) is 0 Å². The van der Waals surface area contributed by atoms with E-state index in [1.165, 1.54) is 57.8 Å². The van der Waals surface area contributed by atoms with Gasteiger partial charge in [0.25, 0.3) is 0 Å². The molecule has 100 valence electrons. The first-order valence-electron chi connectivity index (χ1n) is 7.61. The van der Waals surface area contributed by atoms with Gasteiger partial charge in [-0.3, -0.25) is 0 Å². The van der Waals surface area contributed by atoms with E-state index >= 15 is 0 Å². The average molecular weight is 239 g/mol. The molecular weight excluding hydrogens is 210 g/mol. The normalized spacial score (nSPS) is 25.6. The van der Waals surface area contributed by atoms with Crippen molar-refractivity contribution in [2.45, 2.75) is 89.4 Å². The number of hydrogen-bond acceptors (Lipinski definition) is 2. The van der Waals surface area contributed by atoms with E-state index in [0.29, 0.717) is 12.1 Å². The van der Waals surface area contributed by atoms with Crippen LogP contribution >= 0.6 is 0 Å². The molecule has 17 heavy (non-hydrogen) atoms. The van der Waals surface area contributed by atoms with E-state index in [2.05, 4.69) is 19.2 Å². The maximum absolute atomic E-state index is 6.53. The molecule has 2 aliphatic carbocycles. The topological polar surface area (TPSA) is 21.3 Å². The zero-order valence-corrected chi connectivity index (χ0v) is 11.6. The van der Waals surface area contributed by atoms with Crippen LogP contribution in [0.25, 0.3) is 0 Å².